The fraction of sp³-hybridized carbons (Fsp3) is 0.769. The summed E-state index contributed by atoms with van der Waals surface area (Å²) in [5.41, 5.74) is 2.09. The Bertz CT molecular complexity index is 568. The predicted octanol–water partition coefficient (Wildman–Crippen LogP) is 7.95. The van der Waals surface area contributed by atoms with Crippen LogP contribution in [0, 0.1) is 23.6 Å². The fourth-order valence-corrected chi connectivity index (χ4v) is 9.53. The van der Waals surface area contributed by atoms with Gasteiger partial charge in [-0.2, -0.15) is 0 Å². The van der Waals surface area contributed by atoms with Crippen LogP contribution < -0.4 is 0 Å². The first-order chi connectivity index (χ1) is 13.7. The summed E-state index contributed by atoms with van der Waals surface area (Å²) in [7, 11) is -0.464. The van der Waals surface area contributed by atoms with E-state index >= 15 is 0 Å². The van der Waals surface area contributed by atoms with Gasteiger partial charge in [0.2, 0.25) is 0 Å². The number of halogens is 1. The highest BCUT2D eigenvalue weighted by Gasteiger charge is 2.30. The van der Waals surface area contributed by atoms with E-state index in [0.29, 0.717) is 0 Å². The van der Waals surface area contributed by atoms with E-state index in [2.05, 4.69) is 19.9 Å². The largest absolute Gasteiger partial charge is 0.207 e. The van der Waals surface area contributed by atoms with Crippen molar-refractivity contribution in [2.75, 3.05) is 0 Å². The molecule has 1 aromatic rings. The summed E-state index contributed by atoms with van der Waals surface area (Å²) in [6.45, 7) is 4.49. The minimum absolute atomic E-state index is 0.0139. The molecule has 1 aliphatic heterocycles. The molecular formula is C26H43FSi. The van der Waals surface area contributed by atoms with Crippen LogP contribution in [0.15, 0.2) is 18.2 Å². The molecule has 0 aromatic heterocycles. The molecular weight excluding hydrogens is 359 g/mol. The predicted molar refractivity (Wildman–Crippen MR) is 123 cm³/mol. The summed E-state index contributed by atoms with van der Waals surface area (Å²) in [5.74, 6) is 3.20. The van der Waals surface area contributed by atoms with Crippen molar-refractivity contribution in [2.24, 2.45) is 17.8 Å². The van der Waals surface area contributed by atoms with Gasteiger partial charge in [0.05, 0.1) is 0 Å². The zero-order valence-corrected chi connectivity index (χ0v) is 19.7. The topological polar surface area (TPSA) is 0 Å². The number of aryl methyl sites for hydroxylation is 2. The van der Waals surface area contributed by atoms with Crippen LogP contribution in [-0.4, -0.2) is 8.80 Å². The number of benzene rings is 1. The van der Waals surface area contributed by atoms with Gasteiger partial charge in [-0.3, -0.25) is 0 Å². The van der Waals surface area contributed by atoms with Crippen LogP contribution in [0.5, 0.6) is 0 Å². The maximum absolute atomic E-state index is 14.1. The highest BCUT2D eigenvalue weighted by Crippen LogP contribution is 2.41. The van der Waals surface area contributed by atoms with E-state index < -0.39 is 8.80 Å². The molecule has 0 atom stereocenters. The zero-order valence-electron chi connectivity index (χ0n) is 18.5. The van der Waals surface area contributed by atoms with E-state index in [1.165, 1.54) is 56.6 Å². The molecule has 2 heteroatoms. The summed E-state index contributed by atoms with van der Waals surface area (Å²) >= 11 is 0. The summed E-state index contributed by atoms with van der Waals surface area (Å²) < 4.78 is 14.1. The van der Waals surface area contributed by atoms with Crippen molar-refractivity contribution in [3.63, 3.8) is 0 Å². The average molecular weight is 403 g/mol. The Hall–Kier alpha value is -0.633. The normalized spacial score (nSPS) is 28.4. The molecule has 1 saturated heterocycles. The molecule has 2 aliphatic rings. The number of unbranched alkanes of at least 4 members (excludes halogenated alkanes) is 1. The molecule has 3 rings (SSSR count). The lowest BCUT2D eigenvalue weighted by molar-refractivity contribution is 0.189. The first kappa shape index (κ1) is 22.1. The van der Waals surface area contributed by atoms with Crippen molar-refractivity contribution in [3.05, 3.63) is 35.1 Å². The second-order valence-corrected chi connectivity index (χ2v) is 13.4. The Labute approximate surface area is 175 Å². The second kappa shape index (κ2) is 11.5. The van der Waals surface area contributed by atoms with Gasteiger partial charge in [0.25, 0.3) is 0 Å². The van der Waals surface area contributed by atoms with Crippen molar-refractivity contribution < 1.29 is 4.39 Å². The first-order valence-corrected chi connectivity index (χ1v) is 14.9. The zero-order chi connectivity index (χ0) is 19.8. The first-order valence-electron chi connectivity index (χ1n) is 12.5. The molecule has 0 nitrogen and oxygen atoms in total. The molecule has 0 bridgehead atoms. The van der Waals surface area contributed by atoms with Gasteiger partial charge in [0.15, 0.2) is 0 Å². The van der Waals surface area contributed by atoms with Crippen LogP contribution in [0.3, 0.4) is 0 Å². The van der Waals surface area contributed by atoms with E-state index in [0.717, 1.165) is 42.6 Å². The molecule has 28 heavy (non-hydrogen) atoms. The van der Waals surface area contributed by atoms with Gasteiger partial charge in [-0.05, 0) is 67.1 Å². The molecule has 0 N–H and O–H groups in total. The Morgan fingerprint density at radius 3 is 2.25 bits per heavy atom. The van der Waals surface area contributed by atoms with E-state index in [1.807, 2.05) is 6.07 Å². The Kier molecular flexibility index (Phi) is 9.08. The van der Waals surface area contributed by atoms with Crippen LogP contribution in [0.4, 0.5) is 4.39 Å². The molecule has 1 aromatic carbocycles. The van der Waals surface area contributed by atoms with Crippen LogP contribution >= 0.6 is 0 Å². The summed E-state index contributed by atoms with van der Waals surface area (Å²) in [6.07, 6.45) is 16.2. The minimum Gasteiger partial charge on any atom is -0.207 e. The molecule has 2 fully saturated rings. The molecule has 158 valence electrons. The van der Waals surface area contributed by atoms with Crippen molar-refractivity contribution in [2.45, 2.75) is 109 Å². The number of rotatable bonds is 9. The Morgan fingerprint density at radius 1 is 0.893 bits per heavy atom. The molecule has 0 spiro atoms. The molecule has 1 saturated carbocycles. The monoisotopic (exact) mass is 402 g/mol. The van der Waals surface area contributed by atoms with Crippen LogP contribution in [0.2, 0.25) is 18.1 Å². The third kappa shape index (κ3) is 6.44. The van der Waals surface area contributed by atoms with Gasteiger partial charge in [-0.15, -0.1) is 0 Å². The molecule has 0 amide bonds. The highest BCUT2D eigenvalue weighted by atomic mass is 28.3. The lowest BCUT2D eigenvalue weighted by Gasteiger charge is -2.37. The third-order valence-electron chi connectivity index (χ3n) is 7.99. The highest BCUT2D eigenvalue weighted by molar-refractivity contribution is 6.58. The third-order valence-corrected chi connectivity index (χ3v) is 11.5. The number of hydrogen-bond acceptors (Lipinski definition) is 0. The molecule has 0 radical (unpaired) electrons. The SMILES string of the molecule is CCCc1ccc(CCCC[Si@H]2CC[C@H]([C@H]3CC[C@H](CC)CC3)CC2)cc1F. The van der Waals surface area contributed by atoms with Gasteiger partial charge < -0.3 is 0 Å². The van der Waals surface area contributed by atoms with Crippen LogP contribution in [0.25, 0.3) is 0 Å². The standard InChI is InChI=1S/C26H43FSi/c1-3-7-25-14-11-22(20-26(25)27)8-5-6-17-28-18-15-24(16-19-28)23-12-9-21(4-2)10-13-23/h11,14,20-21,23-24,28H,3-10,12-13,15-19H2,1-2H3/t21-,23-,24-,28-. The van der Waals surface area contributed by atoms with E-state index in [-0.39, 0.29) is 5.82 Å². The fourth-order valence-electron chi connectivity index (χ4n) is 6.00. The van der Waals surface area contributed by atoms with Crippen molar-refractivity contribution in [1.82, 2.24) is 0 Å². The summed E-state index contributed by atoms with van der Waals surface area (Å²) in [4.78, 5) is 0. The lowest BCUT2D eigenvalue weighted by atomic mass is 9.73. The average Bonchev–Trinajstić information content (AvgIpc) is 2.74. The maximum atomic E-state index is 14.1. The molecule has 0 unspecified atom stereocenters. The lowest BCUT2D eigenvalue weighted by Crippen LogP contribution is -2.28. The Balaban J connectivity index is 1.30. The van der Waals surface area contributed by atoms with E-state index in [4.69, 9.17) is 0 Å². The van der Waals surface area contributed by atoms with Crippen molar-refractivity contribution in [3.8, 4) is 0 Å². The van der Waals surface area contributed by atoms with Crippen LogP contribution in [-0.2, 0) is 12.8 Å². The molecule has 1 heterocycles. The molecule has 1 aliphatic carbocycles. The van der Waals surface area contributed by atoms with Crippen LogP contribution in [0.1, 0.15) is 89.2 Å². The number of hydrogen-bond donors (Lipinski definition) is 0. The van der Waals surface area contributed by atoms with Crippen molar-refractivity contribution in [1.29, 1.82) is 0 Å². The summed E-state index contributed by atoms with van der Waals surface area (Å²) in [5, 5.41) is 0. The van der Waals surface area contributed by atoms with Crippen molar-refractivity contribution >= 4 is 8.80 Å². The van der Waals surface area contributed by atoms with Gasteiger partial charge in [-0.1, -0.05) is 89.1 Å². The maximum Gasteiger partial charge on any atom is 0.126 e. The van der Waals surface area contributed by atoms with Gasteiger partial charge >= 0.3 is 0 Å². The van der Waals surface area contributed by atoms with Gasteiger partial charge in [-0.25, -0.2) is 4.39 Å². The Morgan fingerprint density at radius 2 is 1.61 bits per heavy atom. The van der Waals surface area contributed by atoms with E-state index in [9.17, 15) is 4.39 Å². The minimum atomic E-state index is -0.464. The quantitative estimate of drug-likeness (QED) is 0.290. The van der Waals surface area contributed by atoms with E-state index in [1.54, 1.807) is 31.0 Å². The smallest absolute Gasteiger partial charge is 0.126 e. The van der Waals surface area contributed by atoms with Gasteiger partial charge in [0.1, 0.15) is 5.82 Å². The van der Waals surface area contributed by atoms with Gasteiger partial charge in [0, 0.05) is 8.80 Å². The summed E-state index contributed by atoms with van der Waals surface area (Å²) in [6, 6.07) is 10.7. The second-order valence-electron chi connectivity index (χ2n) is 9.89.